The van der Waals surface area contributed by atoms with E-state index in [-0.39, 0.29) is 16.6 Å². The first-order valence-electron chi connectivity index (χ1n) is 7.09. The zero-order valence-electron chi connectivity index (χ0n) is 12.6. The number of amides is 1. The van der Waals surface area contributed by atoms with E-state index >= 15 is 0 Å². The van der Waals surface area contributed by atoms with Crippen molar-refractivity contribution >= 4 is 40.2 Å². The lowest BCUT2D eigenvalue weighted by molar-refractivity contribution is -0.384. The number of hydrogen-bond acceptors (Lipinski definition) is 5. The number of thiophene rings is 1. The molecule has 6 nitrogen and oxygen atoms in total. The molecule has 0 unspecified atom stereocenters. The molecule has 0 spiro atoms. The molecule has 0 saturated heterocycles. The van der Waals surface area contributed by atoms with Crippen LogP contribution in [0.5, 0.6) is 11.5 Å². The van der Waals surface area contributed by atoms with Crippen molar-refractivity contribution in [3.8, 4) is 11.5 Å². The third-order valence-electron chi connectivity index (χ3n) is 3.21. The van der Waals surface area contributed by atoms with E-state index in [1.165, 1.54) is 29.5 Å². The van der Waals surface area contributed by atoms with Crippen LogP contribution < -0.4 is 10.1 Å². The molecule has 0 atom stereocenters. The van der Waals surface area contributed by atoms with Gasteiger partial charge in [0.25, 0.3) is 11.6 Å². The highest BCUT2D eigenvalue weighted by atomic mass is 35.5. The number of nitro groups is 1. The first-order chi connectivity index (χ1) is 12.0. The highest BCUT2D eigenvalue weighted by Crippen LogP contribution is 2.32. The molecule has 0 radical (unpaired) electrons. The molecule has 8 heteroatoms. The number of nitro benzene ring substituents is 1. The monoisotopic (exact) mass is 374 g/mol. The maximum atomic E-state index is 12.0. The molecule has 25 heavy (non-hydrogen) atoms. The van der Waals surface area contributed by atoms with Crippen LogP contribution in [0.25, 0.3) is 0 Å². The second kappa shape index (κ2) is 7.33. The summed E-state index contributed by atoms with van der Waals surface area (Å²) < 4.78 is 5.61. The van der Waals surface area contributed by atoms with Gasteiger partial charge in [0.15, 0.2) is 0 Å². The van der Waals surface area contributed by atoms with E-state index in [1.807, 2.05) is 11.4 Å². The molecule has 1 aromatic heterocycles. The summed E-state index contributed by atoms with van der Waals surface area (Å²) in [6.07, 6.45) is 0. The number of carbonyl (C=O) groups is 1. The first-order valence-corrected chi connectivity index (χ1v) is 8.35. The molecule has 0 aliphatic rings. The maximum absolute atomic E-state index is 12.0. The fraction of sp³-hybridized carbons (Fsp3) is 0. The normalized spacial score (nSPS) is 10.3. The van der Waals surface area contributed by atoms with Gasteiger partial charge >= 0.3 is 0 Å². The van der Waals surface area contributed by atoms with Gasteiger partial charge in [0.2, 0.25) is 0 Å². The van der Waals surface area contributed by atoms with Crippen LogP contribution in [0.3, 0.4) is 0 Å². The zero-order valence-corrected chi connectivity index (χ0v) is 14.2. The number of halogens is 1. The zero-order chi connectivity index (χ0) is 17.8. The Balaban J connectivity index is 1.68. The van der Waals surface area contributed by atoms with Gasteiger partial charge in [-0.05, 0) is 41.8 Å². The number of hydrogen-bond donors (Lipinski definition) is 1. The minimum Gasteiger partial charge on any atom is -0.456 e. The van der Waals surface area contributed by atoms with E-state index in [9.17, 15) is 14.9 Å². The molecule has 3 aromatic rings. The summed E-state index contributed by atoms with van der Waals surface area (Å²) in [4.78, 5) is 22.8. The quantitative estimate of drug-likeness (QED) is 0.481. The summed E-state index contributed by atoms with van der Waals surface area (Å²) in [5.41, 5.74) is 0.518. The summed E-state index contributed by atoms with van der Waals surface area (Å²) in [5, 5.41) is 15.5. The van der Waals surface area contributed by atoms with Gasteiger partial charge in [-0.25, -0.2) is 0 Å². The van der Waals surface area contributed by atoms with E-state index < -0.39 is 4.92 Å². The standard InChI is InChI=1S/C17H11ClN2O4S/c18-14-10-12(20(22)23)5-8-15(14)24-13-6-3-11(4-7-13)19-17(21)16-2-1-9-25-16/h1-10H,(H,19,21). The number of non-ortho nitro benzene ring substituents is 1. The average molecular weight is 375 g/mol. The van der Waals surface area contributed by atoms with Gasteiger partial charge in [-0.1, -0.05) is 17.7 Å². The number of ether oxygens (including phenoxy) is 1. The van der Waals surface area contributed by atoms with Gasteiger partial charge < -0.3 is 10.1 Å². The minimum atomic E-state index is -0.527. The number of carbonyl (C=O) groups excluding carboxylic acids is 1. The van der Waals surface area contributed by atoms with E-state index in [0.29, 0.717) is 22.1 Å². The van der Waals surface area contributed by atoms with Crippen molar-refractivity contribution in [2.45, 2.75) is 0 Å². The largest absolute Gasteiger partial charge is 0.456 e. The van der Waals surface area contributed by atoms with Crippen molar-refractivity contribution < 1.29 is 14.5 Å². The number of nitrogens with one attached hydrogen (secondary N) is 1. The smallest absolute Gasteiger partial charge is 0.271 e. The molecule has 0 saturated carbocycles. The van der Waals surface area contributed by atoms with Gasteiger partial charge in [0.1, 0.15) is 11.5 Å². The van der Waals surface area contributed by atoms with E-state index in [4.69, 9.17) is 16.3 Å². The third-order valence-corrected chi connectivity index (χ3v) is 4.38. The Bertz CT molecular complexity index is 911. The fourth-order valence-corrected chi connectivity index (χ4v) is 2.85. The van der Waals surface area contributed by atoms with Gasteiger partial charge in [-0.3, -0.25) is 14.9 Å². The number of benzene rings is 2. The third kappa shape index (κ3) is 4.14. The van der Waals surface area contributed by atoms with Crippen LogP contribution >= 0.6 is 22.9 Å². The lowest BCUT2D eigenvalue weighted by Crippen LogP contribution is -2.09. The van der Waals surface area contributed by atoms with Gasteiger partial charge in [0, 0.05) is 17.8 Å². The van der Waals surface area contributed by atoms with Crippen molar-refractivity contribution in [3.05, 3.63) is 80.0 Å². The molecular weight excluding hydrogens is 364 g/mol. The van der Waals surface area contributed by atoms with Crippen LogP contribution in [0.1, 0.15) is 9.67 Å². The molecular formula is C17H11ClN2O4S. The molecule has 126 valence electrons. The van der Waals surface area contributed by atoms with Crippen LogP contribution in [0.4, 0.5) is 11.4 Å². The molecule has 2 aromatic carbocycles. The van der Waals surface area contributed by atoms with Crippen LogP contribution in [0.15, 0.2) is 60.0 Å². The summed E-state index contributed by atoms with van der Waals surface area (Å²) in [6.45, 7) is 0. The molecule has 1 amide bonds. The lowest BCUT2D eigenvalue weighted by atomic mass is 10.2. The molecule has 0 bridgehead atoms. The Hall–Kier alpha value is -2.90. The molecule has 1 N–H and O–H groups in total. The minimum absolute atomic E-state index is 0.107. The molecule has 0 aliphatic heterocycles. The SMILES string of the molecule is O=C(Nc1ccc(Oc2ccc([N+](=O)[O-])cc2Cl)cc1)c1cccs1. The van der Waals surface area contributed by atoms with Crippen molar-refractivity contribution in [3.63, 3.8) is 0 Å². The molecule has 1 heterocycles. The molecule has 3 rings (SSSR count). The summed E-state index contributed by atoms with van der Waals surface area (Å²) in [6, 6.07) is 14.3. The molecule has 0 aliphatic carbocycles. The number of anilines is 1. The van der Waals surface area contributed by atoms with E-state index in [0.717, 1.165) is 0 Å². The number of rotatable bonds is 5. The van der Waals surface area contributed by atoms with Gasteiger partial charge in [-0.15, -0.1) is 11.3 Å². The predicted octanol–water partition coefficient (Wildman–Crippen LogP) is 5.35. The van der Waals surface area contributed by atoms with Crippen molar-refractivity contribution in [2.75, 3.05) is 5.32 Å². The maximum Gasteiger partial charge on any atom is 0.271 e. The Morgan fingerprint density at radius 2 is 1.92 bits per heavy atom. The van der Waals surface area contributed by atoms with Gasteiger partial charge in [-0.2, -0.15) is 0 Å². The highest BCUT2D eigenvalue weighted by Gasteiger charge is 2.11. The Morgan fingerprint density at radius 1 is 1.16 bits per heavy atom. The Labute approximate surface area is 151 Å². The van der Waals surface area contributed by atoms with Crippen LogP contribution in [-0.2, 0) is 0 Å². The number of nitrogens with zero attached hydrogens (tertiary/aromatic N) is 1. The lowest BCUT2D eigenvalue weighted by Gasteiger charge is -2.09. The van der Waals surface area contributed by atoms with Crippen LogP contribution in [0, 0.1) is 10.1 Å². The summed E-state index contributed by atoms with van der Waals surface area (Å²) in [7, 11) is 0. The highest BCUT2D eigenvalue weighted by molar-refractivity contribution is 7.12. The second-order valence-electron chi connectivity index (χ2n) is 4.93. The van der Waals surface area contributed by atoms with Crippen molar-refractivity contribution in [1.82, 2.24) is 0 Å². The summed E-state index contributed by atoms with van der Waals surface area (Å²) >= 11 is 7.36. The van der Waals surface area contributed by atoms with Crippen molar-refractivity contribution in [1.29, 1.82) is 0 Å². The van der Waals surface area contributed by atoms with Gasteiger partial charge in [0.05, 0.1) is 14.8 Å². The Kier molecular flexibility index (Phi) is 4.97. The topological polar surface area (TPSA) is 81.5 Å². The van der Waals surface area contributed by atoms with Crippen LogP contribution in [-0.4, -0.2) is 10.8 Å². The predicted molar refractivity (Wildman–Crippen MR) is 96.9 cm³/mol. The van der Waals surface area contributed by atoms with Crippen LogP contribution in [0.2, 0.25) is 5.02 Å². The first kappa shape index (κ1) is 16.9. The van der Waals surface area contributed by atoms with E-state index in [1.54, 1.807) is 30.3 Å². The average Bonchev–Trinajstić information content (AvgIpc) is 3.13. The fourth-order valence-electron chi connectivity index (χ4n) is 2.02. The summed E-state index contributed by atoms with van der Waals surface area (Å²) in [5.74, 6) is 0.620. The second-order valence-corrected chi connectivity index (χ2v) is 6.28. The van der Waals surface area contributed by atoms with E-state index in [2.05, 4.69) is 5.32 Å². The molecule has 0 fully saturated rings. The van der Waals surface area contributed by atoms with Crippen molar-refractivity contribution in [2.24, 2.45) is 0 Å². The Morgan fingerprint density at radius 3 is 2.52 bits per heavy atom.